The molecule has 0 spiro atoms. The van der Waals surface area contributed by atoms with Gasteiger partial charge in [0.15, 0.2) is 0 Å². The number of alkyl halides is 3. The van der Waals surface area contributed by atoms with Crippen LogP contribution in [0.15, 0.2) is 24.3 Å². The van der Waals surface area contributed by atoms with Crippen molar-refractivity contribution in [3.05, 3.63) is 35.4 Å². The Labute approximate surface area is 109 Å². The van der Waals surface area contributed by atoms with Crippen LogP contribution in [-0.4, -0.2) is 18.8 Å². The SMILES string of the molecule is CC(NC(=O)NCC(F)(F)F)c1ccc(CN)cc1. The monoisotopic (exact) mass is 275 g/mol. The molecular formula is C12H16F3N3O. The van der Waals surface area contributed by atoms with Crippen molar-refractivity contribution < 1.29 is 18.0 Å². The number of amides is 2. The standard InChI is InChI=1S/C12H16F3N3O/c1-8(10-4-2-9(6-16)3-5-10)18-11(19)17-7-12(13,14)15/h2-5,8H,6-7,16H2,1H3,(H2,17,18,19). The fourth-order valence-corrected chi connectivity index (χ4v) is 1.45. The highest BCUT2D eigenvalue weighted by Crippen LogP contribution is 2.14. The van der Waals surface area contributed by atoms with Gasteiger partial charge in [-0.3, -0.25) is 0 Å². The van der Waals surface area contributed by atoms with Crippen molar-refractivity contribution in [2.75, 3.05) is 6.54 Å². The highest BCUT2D eigenvalue weighted by atomic mass is 19.4. The van der Waals surface area contributed by atoms with Gasteiger partial charge >= 0.3 is 12.2 Å². The molecule has 0 fully saturated rings. The van der Waals surface area contributed by atoms with Crippen molar-refractivity contribution in [1.29, 1.82) is 0 Å². The summed E-state index contributed by atoms with van der Waals surface area (Å²) in [4.78, 5) is 11.3. The van der Waals surface area contributed by atoms with E-state index in [2.05, 4.69) is 5.32 Å². The molecule has 19 heavy (non-hydrogen) atoms. The normalized spacial score (nSPS) is 12.9. The molecule has 7 heteroatoms. The zero-order chi connectivity index (χ0) is 14.5. The largest absolute Gasteiger partial charge is 0.405 e. The van der Waals surface area contributed by atoms with E-state index >= 15 is 0 Å². The topological polar surface area (TPSA) is 67.2 Å². The first-order chi connectivity index (χ1) is 8.81. The molecular weight excluding hydrogens is 259 g/mol. The van der Waals surface area contributed by atoms with Crippen LogP contribution in [0.25, 0.3) is 0 Å². The number of nitrogens with one attached hydrogen (secondary N) is 2. The van der Waals surface area contributed by atoms with Crippen LogP contribution in [0.4, 0.5) is 18.0 Å². The molecule has 1 aromatic rings. The summed E-state index contributed by atoms with van der Waals surface area (Å²) >= 11 is 0. The van der Waals surface area contributed by atoms with E-state index in [1.165, 1.54) is 0 Å². The third-order valence-corrected chi connectivity index (χ3v) is 2.51. The van der Waals surface area contributed by atoms with Crippen LogP contribution in [0.5, 0.6) is 0 Å². The smallest absolute Gasteiger partial charge is 0.332 e. The summed E-state index contributed by atoms with van der Waals surface area (Å²) in [6.07, 6.45) is -4.41. The minimum Gasteiger partial charge on any atom is -0.332 e. The van der Waals surface area contributed by atoms with Gasteiger partial charge in [-0.2, -0.15) is 13.2 Å². The number of hydrogen-bond acceptors (Lipinski definition) is 2. The molecule has 4 nitrogen and oxygen atoms in total. The molecule has 0 heterocycles. The van der Waals surface area contributed by atoms with Crippen molar-refractivity contribution in [3.63, 3.8) is 0 Å². The summed E-state index contributed by atoms with van der Waals surface area (Å²) in [6.45, 7) is 0.746. The van der Waals surface area contributed by atoms with Gasteiger partial charge in [0.05, 0.1) is 6.04 Å². The Morgan fingerprint density at radius 2 is 1.89 bits per heavy atom. The minimum atomic E-state index is -4.41. The number of carbonyl (C=O) groups is 1. The van der Waals surface area contributed by atoms with Crippen molar-refractivity contribution in [2.24, 2.45) is 5.73 Å². The van der Waals surface area contributed by atoms with Gasteiger partial charge in [0.25, 0.3) is 0 Å². The van der Waals surface area contributed by atoms with Crippen molar-refractivity contribution in [3.8, 4) is 0 Å². The van der Waals surface area contributed by atoms with Gasteiger partial charge in [-0.25, -0.2) is 4.79 Å². The minimum absolute atomic E-state index is 0.389. The second-order valence-electron chi connectivity index (χ2n) is 4.11. The average Bonchev–Trinajstić information content (AvgIpc) is 2.35. The van der Waals surface area contributed by atoms with Crippen LogP contribution < -0.4 is 16.4 Å². The molecule has 0 aliphatic rings. The zero-order valence-electron chi connectivity index (χ0n) is 10.4. The Morgan fingerprint density at radius 1 is 1.32 bits per heavy atom. The van der Waals surface area contributed by atoms with E-state index < -0.39 is 18.8 Å². The summed E-state index contributed by atoms with van der Waals surface area (Å²) in [5.74, 6) is 0. The Morgan fingerprint density at radius 3 is 2.37 bits per heavy atom. The molecule has 0 aliphatic heterocycles. The van der Waals surface area contributed by atoms with Gasteiger partial charge < -0.3 is 16.4 Å². The third kappa shape index (κ3) is 5.60. The zero-order valence-corrected chi connectivity index (χ0v) is 10.4. The molecule has 0 aromatic heterocycles. The van der Waals surface area contributed by atoms with Crippen LogP contribution in [0.2, 0.25) is 0 Å². The third-order valence-electron chi connectivity index (χ3n) is 2.51. The number of halogens is 3. The maximum atomic E-state index is 11.9. The van der Waals surface area contributed by atoms with Crippen molar-refractivity contribution in [2.45, 2.75) is 25.7 Å². The van der Waals surface area contributed by atoms with E-state index in [4.69, 9.17) is 5.73 Å². The lowest BCUT2D eigenvalue weighted by atomic mass is 10.1. The van der Waals surface area contributed by atoms with Crippen LogP contribution in [-0.2, 0) is 6.54 Å². The first kappa shape index (κ1) is 15.3. The molecule has 106 valence electrons. The fraction of sp³-hybridized carbons (Fsp3) is 0.417. The molecule has 1 unspecified atom stereocenters. The number of hydrogen-bond donors (Lipinski definition) is 3. The van der Waals surface area contributed by atoms with E-state index in [9.17, 15) is 18.0 Å². The average molecular weight is 275 g/mol. The van der Waals surface area contributed by atoms with Crippen LogP contribution in [0.3, 0.4) is 0 Å². The summed E-state index contributed by atoms with van der Waals surface area (Å²) < 4.78 is 35.7. The summed E-state index contributed by atoms with van der Waals surface area (Å²) in [5.41, 5.74) is 7.18. The molecule has 0 saturated carbocycles. The van der Waals surface area contributed by atoms with Crippen LogP contribution >= 0.6 is 0 Å². The van der Waals surface area contributed by atoms with Crippen molar-refractivity contribution >= 4 is 6.03 Å². The molecule has 0 radical (unpaired) electrons. The predicted octanol–water partition coefficient (Wildman–Crippen LogP) is 2.07. The van der Waals surface area contributed by atoms with Gasteiger partial charge in [-0.15, -0.1) is 0 Å². The predicted molar refractivity (Wildman–Crippen MR) is 65.3 cm³/mol. The van der Waals surface area contributed by atoms with Gasteiger partial charge in [0.1, 0.15) is 6.54 Å². The second kappa shape index (κ2) is 6.42. The molecule has 2 amide bonds. The number of nitrogens with two attached hydrogens (primary N) is 1. The molecule has 1 atom stereocenters. The first-order valence-corrected chi connectivity index (χ1v) is 5.72. The summed E-state index contributed by atoms with van der Waals surface area (Å²) in [5, 5.41) is 4.18. The van der Waals surface area contributed by atoms with Crippen LogP contribution in [0, 0.1) is 0 Å². The van der Waals surface area contributed by atoms with E-state index in [1.807, 2.05) is 0 Å². The Bertz CT molecular complexity index is 417. The lowest BCUT2D eigenvalue weighted by Crippen LogP contribution is -2.41. The van der Waals surface area contributed by atoms with E-state index in [-0.39, 0.29) is 6.04 Å². The van der Waals surface area contributed by atoms with Gasteiger partial charge in [-0.1, -0.05) is 24.3 Å². The molecule has 0 saturated heterocycles. The van der Waals surface area contributed by atoms with Gasteiger partial charge in [-0.05, 0) is 18.1 Å². The highest BCUT2D eigenvalue weighted by Gasteiger charge is 2.27. The first-order valence-electron chi connectivity index (χ1n) is 5.72. The van der Waals surface area contributed by atoms with Gasteiger partial charge in [0.2, 0.25) is 0 Å². The molecule has 0 bridgehead atoms. The molecule has 1 rings (SSSR count). The van der Waals surface area contributed by atoms with E-state index in [0.717, 1.165) is 11.1 Å². The van der Waals surface area contributed by atoms with Crippen LogP contribution in [0.1, 0.15) is 24.1 Å². The number of carbonyl (C=O) groups excluding carboxylic acids is 1. The maximum absolute atomic E-state index is 11.9. The quantitative estimate of drug-likeness (QED) is 0.787. The van der Waals surface area contributed by atoms with Crippen molar-refractivity contribution in [1.82, 2.24) is 10.6 Å². The maximum Gasteiger partial charge on any atom is 0.405 e. The van der Waals surface area contributed by atoms with E-state index in [0.29, 0.717) is 6.54 Å². The Balaban J connectivity index is 2.49. The number of benzene rings is 1. The molecule has 4 N–H and O–H groups in total. The van der Waals surface area contributed by atoms with Gasteiger partial charge in [0, 0.05) is 6.54 Å². The second-order valence-corrected chi connectivity index (χ2v) is 4.11. The van der Waals surface area contributed by atoms with E-state index in [1.54, 1.807) is 36.5 Å². The summed E-state index contributed by atoms with van der Waals surface area (Å²) in [7, 11) is 0. The Hall–Kier alpha value is -1.76. The lowest BCUT2D eigenvalue weighted by Gasteiger charge is -2.16. The highest BCUT2D eigenvalue weighted by molar-refractivity contribution is 5.74. The number of urea groups is 1. The Kier molecular flexibility index (Phi) is 5.17. The molecule has 1 aromatic carbocycles. The summed E-state index contributed by atoms with van der Waals surface area (Å²) in [6, 6.07) is 5.92. The fourth-order valence-electron chi connectivity index (χ4n) is 1.45. The lowest BCUT2D eigenvalue weighted by molar-refractivity contribution is -0.122. The number of rotatable bonds is 4. The molecule has 0 aliphatic carbocycles.